The molecular weight excluding hydrogens is 371 g/mol. The second-order valence-corrected chi connectivity index (χ2v) is 18.9. The van der Waals surface area contributed by atoms with Gasteiger partial charge < -0.3 is 0 Å². The first-order valence-corrected chi connectivity index (χ1v) is 14.7. The minimum Gasteiger partial charge on any atom is -0.127 e. The third-order valence-electron chi connectivity index (χ3n) is 6.06. The molecule has 158 valence electrons. The highest BCUT2D eigenvalue weighted by molar-refractivity contribution is 7.53. The van der Waals surface area contributed by atoms with Crippen molar-refractivity contribution in [3.63, 3.8) is 0 Å². The molecule has 0 amide bonds. The second kappa shape index (κ2) is 7.93. The van der Waals surface area contributed by atoms with Crippen LogP contribution in [0.3, 0.4) is 0 Å². The zero-order valence-corrected chi connectivity index (χ0v) is 23.2. The van der Waals surface area contributed by atoms with Crippen LogP contribution >= 0.6 is 8.58 Å². The van der Waals surface area contributed by atoms with Crippen LogP contribution in [0.5, 0.6) is 0 Å². The normalized spacial score (nSPS) is 14.4. The number of benzene rings is 1. The largest absolute Gasteiger partial charge is 0.138 e. The monoisotopic (exact) mass is 416 g/mol. The summed E-state index contributed by atoms with van der Waals surface area (Å²) in [7, 11) is -1.03. The summed E-state index contributed by atoms with van der Waals surface area (Å²) in [5.41, 5.74) is 12.2. The molecule has 0 heterocycles. The van der Waals surface area contributed by atoms with Gasteiger partial charge in [0, 0.05) is 0 Å². The van der Waals surface area contributed by atoms with Crippen molar-refractivity contribution >= 4 is 22.0 Å². The summed E-state index contributed by atoms with van der Waals surface area (Å²) in [5, 5.41) is 1.79. The first-order valence-electron chi connectivity index (χ1n) is 10.7. The highest BCUT2D eigenvalue weighted by Gasteiger charge is 2.34. The van der Waals surface area contributed by atoms with E-state index in [1.807, 2.05) is 0 Å². The van der Waals surface area contributed by atoms with E-state index in [9.17, 15) is 0 Å². The molecule has 0 bridgehead atoms. The molecule has 0 saturated heterocycles. The van der Waals surface area contributed by atoms with Crippen molar-refractivity contribution < 1.29 is 0 Å². The van der Waals surface area contributed by atoms with E-state index < -0.39 is 8.07 Å². The van der Waals surface area contributed by atoms with Gasteiger partial charge in [-0.05, 0) is 51.9 Å². The Morgan fingerprint density at radius 1 is 0.679 bits per heavy atom. The van der Waals surface area contributed by atoms with Crippen LogP contribution in [0.1, 0.15) is 99.8 Å². The standard InChI is InChI=1S/C26H45PSi/c1-23(2,3)19-17-20(24(4,5)6)22(21(18-19)25(7,8)9)27-15-16-28(13,14)26(10,11)12/h17-18,27H,1-14H3. The van der Waals surface area contributed by atoms with Crippen LogP contribution in [0, 0.1) is 11.2 Å². The van der Waals surface area contributed by atoms with Gasteiger partial charge in [0.05, 0.1) is 0 Å². The van der Waals surface area contributed by atoms with Gasteiger partial charge >= 0.3 is 0 Å². The van der Waals surface area contributed by atoms with Gasteiger partial charge in [0.15, 0.2) is 0 Å². The van der Waals surface area contributed by atoms with E-state index in [0.29, 0.717) is 13.6 Å². The van der Waals surface area contributed by atoms with Crippen LogP contribution in [0.2, 0.25) is 18.1 Å². The summed E-state index contributed by atoms with van der Waals surface area (Å²) in [6.45, 7) is 32.9. The number of hydrogen-bond acceptors (Lipinski definition) is 0. The van der Waals surface area contributed by atoms with Crippen molar-refractivity contribution in [2.75, 3.05) is 0 Å². The van der Waals surface area contributed by atoms with Crippen molar-refractivity contribution in [2.45, 2.75) is 117 Å². The van der Waals surface area contributed by atoms with Gasteiger partial charge in [-0.25, -0.2) is 0 Å². The molecule has 2 heteroatoms. The smallest absolute Gasteiger partial charge is 0.127 e. The lowest BCUT2D eigenvalue weighted by Gasteiger charge is -2.33. The summed E-state index contributed by atoms with van der Waals surface area (Å²) in [5.74, 6) is 0. The van der Waals surface area contributed by atoms with Crippen molar-refractivity contribution in [1.82, 2.24) is 0 Å². The zero-order valence-electron chi connectivity index (χ0n) is 21.2. The zero-order chi connectivity index (χ0) is 22.3. The lowest BCUT2D eigenvalue weighted by molar-refractivity contribution is 0.554. The molecule has 0 saturated carbocycles. The van der Waals surface area contributed by atoms with Crippen LogP contribution in [-0.2, 0) is 16.2 Å². The fourth-order valence-corrected chi connectivity index (χ4v) is 5.99. The molecule has 1 unspecified atom stereocenters. The van der Waals surface area contributed by atoms with Crippen LogP contribution in [-0.4, -0.2) is 8.07 Å². The predicted molar refractivity (Wildman–Crippen MR) is 135 cm³/mol. The number of hydrogen-bond donors (Lipinski definition) is 0. The Balaban J connectivity index is 3.70. The first kappa shape index (κ1) is 25.5. The first-order chi connectivity index (χ1) is 12.2. The van der Waals surface area contributed by atoms with Crippen molar-refractivity contribution in [2.24, 2.45) is 0 Å². The molecule has 0 fully saturated rings. The van der Waals surface area contributed by atoms with Crippen LogP contribution in [0.4, 0.5) is 0 Å². The summed E-state index contributed by atoms with van der Waals surface area (Å²) in [4.78, 5) is 0. The Bertz CT molecular complexity index is 725. The minimum atomic E-state index is -1.58. The lowest BCUT2D eigenvalue weighted by atomic mass is 9.75. The lowest BCUT2D eigenvalue weighted by Crippen LogP contribution is -2.35. The molecular formula is C26H45PSi. The summed E-state index contributed by atoms with van der Waals surface area (Å²) in [6.07, 6.45) is 0. The third kappa shape index (κ3) is 6.21. The molecule has 0 aliphatic heterocycles. The van der Waals surface area contributed by atoms with E-state index in [2.05, 4.69) is 120 Å². The van der Waals surface area contributed by atoms with Crippen LogP contribution in [0.25, 0.3) is 0 Å². The van der Waals surface area contributed by atoms with E-state index in [-0.39, 0.29) is 16.2 Å². The molecule has 0 spiro atoms. The Morgan fingerprint density at radius 2 is 1.07 bits per heavy atom. The molecule has 0 nitrogen and oxygen atoms in total. The summed E-state index contributed by atoms with van der Waals surface area (Å²) < 4.78 is 0. The van der Waals surface area contributed by atoms with E-state index in [0.717, 1.165) is 0 Å². The predicted octanol–water partition coefficient (Wildman–Crippen LogP) is 7.89. The molecule has 1 aromatic rings. The van der Waals surface area contributed by atoms with E-state index >= 15 is 0 Å². The van der Waals surface area contributed by atoms with Gasteiger partial charge in [-0.3, -0.25) is 0 Å². The molecule has 0 aromatic heterocycles. The maximum atomic E-state index is 3.75. The van der Waals surface area contributed by atoms with E-state index in [4.69, 9.17) is 0 Å². The Labute approximate surface area is 179 Å². The fourth-order valence-electron chi connectivity index (χ4n) is 2.83. The average molecular weight is 417 g/mol. The number of rotatable bonds is 1. The van der Waals surface area contributed by atoms with E-state index in [1.165, 1.54) is 22.0 Å². The van der Waals surface area contributed by atoms with Crippen LogP contribution < -0.4 is 5.30 Å². The highest BCUT2D eigenvalue weighted by Crippen LogP contribution is 2.38. The molecule has 0 radical (unpaired) electrons. The summed E-state index contributed by atoms with van der Waals surface area (Å²) >= 11 is 0. The van der Waals surface area contributed by atoms with E-state index in [1.54, 1.807) is 0 Å². The van der Waals surface area contributed by atoms with Gasteiger partial charge in [0.25, 0.3) is 0 Å². The highest BCUT2D eigenvalue weighted by atomic mass is 31.1. The molecule has 1 atom stereocenters. The Kier molecular flexibility index (Phi) is 7.21. The fraction of sp³-hybridized carbons (Fsp3) is 0.692. The molecule has 0 aliphatic carbocycles. The summed E-state index contributed by atoms with van der Waals surface area (Å²) in [6, 6.07) is 4.93. The molecule has 28 heavy (non-hydrogen) atoms. The molecule has 0 N–H and O–H groups in total. The van der Waals surface area contributed by atoms with Crippen LogP contribution in [0.15, 0.2) is 12.1 Å². The third-order valence-corrected chi connectivity index (χ3v) is 11.8. The molecule has 1 rings (SSSR count). The average Bonchev–Trinajstić information content (AvgIpc) is 2.42. The van der Waals surface area contributed by atoms with Gasteiger partial charge in [-0.2, -0.15) is 0 Å². The maximum absolute atomic E-state index is 3.75. The van der Waals surface area contributed by atoms with Crippen molar-refractivity contribution in [3.05, 3.63) is 28.8 Å². The Hall–Kier alpha value is -0.573. The minimum absolute atomic E-state index is 0.113. The Morgan fingerprint density at radius 3 is 1.36 bits per heavy atom. The second-order valence-electron chi connectivity index (χ2n) is 12.9. The van der Waals surface area contributed by atoms with Gasteiger partial charge in [0.2, 0.25) is 0 Å². The topological polar surface area (TPSA) is 0 Å². The molecule has 0 aliphatic rings. The molecule has 1 aromatic carbocycles. The quantitative estimate of drug-likeness (QED) is 0.248. The van der Waals surface area contributed by atoms with Crippen molar-refractivity contribution in [3.8, 4) is 11.2 Å². The van der Waals surface area contributed by atoms with Gasteiger partial charge in [0.1, 0.15) is 8.07 Å². The van der Waals surface area contributed by atoms with Crippen molar-refractivity contribution in [1.29, 1.82) is 0 Å². The van der Waals surface area contributed by atoms with Gasteiger partial charge in [-0.15, -0.1) is 5.54 Å². The van der Waals surface area contributed by atoms with Gasteiger partial charge in [-0.1, -0.05) is 114 Å². The maximum Gasteiger partial charge on any atom is 0.138 e. The SMILES string of the molecule is CC(C)(C)c1cc(C(C)(C)C)c(PC#C[Si](C)(C)C(C)(C)C)c(C(C)(C)C)c1.